The monoisotopic (exact) mass is 522 g/mol. The minimum Gasteiger partial charge on any atom is -0.490 e. The van der Waals surface area contributed by atoms with Crippen molar-refractivity contribution in [2.45, 2.75) is 26.3 Å². The number of oxime groups is 1. The van der Waals surface area contributed by atoms with Gasteiger partial charge in [0.1, 0.15) is 18.4 Å². The van der Waals surface area contributed by atoms with Gasteiger partial charge in [0.15, 0.2) is 6.61 Å². The number of esters is 1. The second-order valence-corrected chi connectivity index (χ2v) is 8.96. The van der Waals surface area contributed by atoms with Gasteiger partial charge in [-0.3, -0.25) is 0 Å². The molecule has 0 bridgehead atoms. The molecular formula is C33H34N2O4. The Kier molecular flexibility index (Phi) is 10.1. The molecule has 0 aliphatic rings. The third kappa shape index (κ3) is 8.47. The van der Waals surface area contributed by atoms with E-state index in [-0.39, 0.29) is 5.97 Å². The van der Waals surface area contributed by atoms with Gasteiger partial charge < -0.3 is 19.6 Å². The molecule has 39 heavy (non-hydrogen) atoms. The van der Waals surface area contributed by atoms with Crippen LogP contribution >= 0.6 is 0 Å². The lowest BCUT2D eigenvalue weighted by Gasteiger charge is -2.18. The largest absolute Gasteiger partial charge is 0.490 e. The van der Waals surface area contributed by atoms with Crippen LogP contribution in [0.15, 0.2) is 114 Å². The molecule has 0 fully saturated rings. The number of hydrogen-bond acceptors (Lipinski definition) is 6. The molecule has 200 valence electrons. The first-order valence-electron chi connectivity index (χ1n) is 13.1. The summed E-state index contributed by atoms with van der Waals surface area (Å²) in [6.07, 6.45) is 0.497. The average molecular weight is 523 g/mol. The van der Waals surface area contributed by atoms with Crippen molar-refractivity contribution in [2.24, 2.45) is 5.16 Å². The summed E-state index contributed by atoms with van der Waals surface area (Å²) in [5.41, 5.74) is 6.03. The Morgan fingerprint density at radius 2 is 1.44 bits per heavy atom. The maximum absolute atomic E-state index is 12.5. The highest BCUT2D eigenvalue weighted by Crippen LogP contribution is 2.20. The lowest BCUT2D eigenvalue weighted by atomic mass is 10.0. The zero-order valence-corrected chi connectivity index (χ0v) is 22.4. The van der Waals surface area contributed by atoms with Crippen molar-refractivity contribution in [3.63, 3.8) is 0 Å². The molecule has 1 atom stereocenters. The van der Waals surface area contributed by atoms with E-state index in [2.05, 4.69) is 34.7 Å². The number of carbonyl (C=O) groups excluding carboxylic acids is 1. The summed E-state index contributed by atoms with van der Waals surface area (Å²) in [5.74, 6) is 0.449. The second kappa shape index (κ2) is 14.4. The third-order valence-electron chi connectivity index (χ3n) is 6.10. The summed E-state index contributed by atoms with van der Waals surface area (Å²) in [4.78, 5) is 18.0. The highest BCUT2D eigenvalue weighted by atomic mass is 16.6. The first kappa shape index (κ1) is 27.5. The van der Waals surface area contributed by atoms with Crippen LogP contribution in [0.5, 0.6) is 5.75 Å². The van der Waals surface area contributed by atoms with E-state index >= 15 is 0 Å². The Morgan fingerprint density at radius 3 is 2.10 bits per heavy atom. The predicted molar refractivity (Wildman–Crippen MR) is 156 cm³/mol. The molecule has 0 radical (unpaired) electrons. The number of para-hydroxylation sites is 1. The van der Waals surface area contributed by atoms with Gasteiger partial charge in [0.05, 0.1) is 12.3 Å². The lowest BCUT2D eigenvalue weighted by Crippen LogP contribution is -2.33. The summed E-state index contributed by atoms with van der Waals surface area (Å²) in [7, 11) is 0. The number of hydrogen-bond donors (Lipinski definition) is 1. The Labute approximate surface area is 230 Å². The molecule has 0 aliphatic heterocycles. The molecule has 0 saturated carbocycles. The highest BCUT2D eigenvalue weighted by molar-refractivity contribution is 5.98. The van der Waals surface area contributed by atoms with E-state index in [1.54, 1.807) is 0 Å². The van der Waals surface area contributed by atoms with Crippen LogP contribution in [0.1, 0.15) is 25.0 Å². The smallest absolute Gasteiger partial charge is 0.328 e. The van der Waals surface area contributed by atoms with E-state index in [4.69, 9.17) is 14.3 Å². The number of anilines is 1. The molecule has 4 aromatic carbocycles. The van der Waals surface area contributed by atoms with Crippen molar-refractivity contribution in [3.05, 3.63) is 120 Å². The van der Waals surface area contributed by atoms with Crippen LogP contribution in [0.25, 0.3) is 11.1 Å². The summed E-state index contributed by atoms with van der Waals surface area (Å²) in [5, 5.41) is 7.50. The average Bonchev–Trinajstić information content (AvgIpc) is 2.98. The molecule has 0 spiro atoms. The van der Waals surface area contributed by atoms with Gasteiger partial charge in [-0.1, -0.05) is 90.1 Å². The third-order valence-corrected chi connectivity index (χ3v) is 6.10. The first-order valence-corrected chi connectivity index (χ1v) is 13.1. The number of benzene rings is 4. The molecular weight excluding hydrogens is 488 g/mol. The summed E-state index contributed by atoms with van der Waals surface area (Å²) in [6.45, 7) is 4.76. The van der Waals surface area contributed by atoms with Crippen LogP contribution < -0.4 is 10.1 Å². The normalized spacial score (nSPS) is 11.9. The van der Waals surface area contributed by atoms with Crippen LogP contribution in [0.2, 0.25) is 0 Å². The molecule has 4 aromatic rings. The van der Waals surface area contributed by atoms with Crippen molar-refractivity contribution in [1.29, 1.82) is 0 Å². The van der Waals surface area contributed by atoms with Crippen LogP contribution in [0, 0.1) is 0 Å². The van der Waals surface area contributed by atoms with Gasteiger partial charge in [-0.05, 0) is 60.4 Å². The highest BCUT2D eigenvalue weighted by Gasteiger charge is 2.20. The number of nitrogens with one attached hydrogen (secondary N) is 1. The molecule has 1 unspecified atom stereocenters. The topological polar surface area (TPSA) is 69.2 Å². The Balaban J connectivity index is 1.23. The fourth-order valence-corrected chi connectivity index (χ4v) is 4.06. The molecule has 0 heterocycles. The second-order valence-electron chi connectivity index (χ2n) is 8.96. The number of carbonyl (C=O) groups is 1. The van der Waals surface area contributed by atoms with Gasteiger partial charge in [0, 0.05) is 12.1 Å². The standard InChI is InChI=1S/C33H34N2O4/c1-3-37-33(36)32(34-30-12-8-5-9-13-30)24-26-14-20-31(21-15-26)38-22-23-39-35-25(2)27-16-18-29(19-17-27)28-10-6-4-7-11-28/h4-21,32,34H,3,22-24H2,1-2H3/b35-25-. The zero-order valence-electron chi connectivity index (χ0n) is 22.4. The van der Waals surface area contributed by atoms with E-state index in [0.717, 1.165) is 33.8 Å². The van der Waals surface area contributed by atoms with Gasteiger partial charge in [0.2, 0.25) is 0 Å². The summed E-state index contributed by atoms with van der Waals surface area (Å²) < 4.78 is 11.1. The molecule has 0 amide bonds. The lowest BCUT2D eigenvalue weighted by molar-refractivity contribution is -0.144. The molecule has 4 rings (SSSR count). The molecule has 0 saturated heterocycles. The minimum atomic E-state index is -0.483. The van der Waals surface area contributed by atoms with Crippen molar-refractivity contribution in [1.82, 2.24) is 0 Å². The van der Waals surface area contributed by atoms with E-state index in [1.165, 1.54) is 5.56 Å². The predicted octanol–water partition coefficient (Wildman–Crippen LogP) is 6.76. The fourth-order valence-electron chi connectivity index (χ4n) is 4.06. The zero-order chi connectivity index (χ0) is 27.3. The van der Waals surface area contributed by atoms with E-state index in [9.17, 15) is 4.79 Å². The quantitative estimate of drug-likeness (QED) is 0.0909. The maximum atomic E-state index is 12.5. The number of rotatable bonds is 13. The van der Waals surface area contributed by atoms with Gasteiger partial charge in [-0.2, -0.15) is 0 Å². The maximum Gasteiger partial charge on any atom is 0.328 e. The van der Waals surface area contributed by atoms with Crippen LogP contribution in [0.4, 0.5) is 5.69 Å². The van der Waals surface area contributed by atoms with Crippen molar-refractivity contribution in [3.8, 4) is 16.9 Å². The van der Waals surface area contributed by atoms with Gasteiger partial charge in [0.25, 0.3) is 0 Å². The van der Waals surface area contributed by atoms with Crippen molar-refractivity contribution in [2.75, 3.05) is 25.1 Å². The Hall–Kier alpha value is -4.58. The number of ether oxygens (including phenoxy) is 2. The van der Waals surface area contributed by atoms with Crippen molar-refractivity contribution >= 4 is 17.4 Å². The van der Waals surface area contributed by atoms with E-state index in [1.807, 2.05) is 98.8 Å². The van der Waals surface area contributed by atoms with Crippen LogP contribution in [0.3, 0.4) is 0 Å². The van der Waals surface area contributed by atoms with Gasteiger partial charge in [-0.25, -0.2) is 4.79 Å². The van der Waals surface area contributed by atoms with Crippen LogP contribution in [-0.4, -0.2) is 37.5 Å². The molecule has 6 nitrogen and oxygen atoms in total. The van der Waals surface area contributed by atoms with E-state index in [0.29, 0.717) is 26.2 Å². The van der Waals surface area contributed by atoms with Gasteiger partial charge >= 0.3 is 5.97 Å². The summed E-state index contributed by atoms with van der Waals surface area (Å²) >= 11 is 0. The molecule has 0 aliphatic carbocycles. The molecule has 1 N–H and O–H groups in total. The number of nitrogens with zero attached hydrogens (tertiary/aromatic N) is 1. The first-order chi connectivity index (χ1) is 19.1. The van der Waals surface area contributed by atoms with E-state index < -0.39 is 6.04 Å². The minimum absolute atomic E-state index is 0.276. The van der Waals surface area contributed by atoms with Crippen molar-refractivity contribution < 1.29 is 19.1 Å². The van der Waals surface area contributed by atoms with Gasteiger partial charge in [-0.15, -0.1) is 0 Å². The Bertz CT molecular complexity index is 1320. The molecule has 0 aromatic heterocycles. The summed E-state index contributed by atoms with van der Waals surface area (Å²) in [6, 6.07) is 35.4. The molecule has 6 heteroatoms. The SMILES string of the molecule is CCOC(=O)C(Cc1ccc(OCCO/N=C(/C)c2ccc(-c3ccccc3)cc2)cc1)Nc1ccccc1. The Morgan fingerprint density at radius 1 is 0.795 bits per heavy atom. The van der Waals surface area contributed by atoms with Crippen LogP contribution in [-0.2, 0) is 20.8 Å². The fraction of sp³-hybridized carbons (Fsp3) is 0.212.